The molecule has 1 aliphatic rings. The van der Waals surface area contributed by atoms with Crippen LogP contribution in [0.3, 0.4) is 0 Å². The number of ether oxygens (including phenoxy) is 1. The lowest BCUT2D eigenvalue weighted by molar-refractivity contribution is 0.284. The molecule has 0 bridgehead atoms. The normalized spacial score (nSPS) is 14.8. The first-order valence-electron chi connectivity index (χ1n) is 5.55. The van der Waals surface area contributed by atoms with Crippen LogP contribution in [0.5, 0.6) is 11.5 Å². The van der Waals surface area contributed by atoms with E-state index < -0.39 is 0 Å². The Bertz CT molecular complexity index is 503. The zero-order chi connectivity index (χ0) is 11.7. The van der Waals surface area contributed by atoms with Gasteiger partial charge in [0.15, 0.2) is 6.61 Å². The molecular weight excluding hydrogens is 220 g/mol. The van der Waals surface area contributed by atoms with Crippen LogP contribution in [0.4, 0.5) is 0 Å². The first-order chi connectivity index (χ1) is 8.31. The number of hydrogen-bond acceptors (Lipinski definition) is 5. The molecule has 1 saturated carbocycles. The van der Waals surface area contributed by atoms with Crippen LogP contribution in [0.15, 0.2) is 28.8 Å². The number of phenolic OH excluding ortho intramolecular Hbond substituents is 1. The van der Waals surface area contributed by atoms with E-state index in [1.54, 1.807) is 24.3 Å². The molecule has 1 heterocycles. The topological polar surface area (TPSA) is 68.4 Å². The third-order valence-electron chi connectivity index (χ3n) is 2.62. The van der Waals surface area contributed by atoms with Crippen LogP contribution in [0.1, 0.15) is 30.5 Å². The summed E-state index contributed by atoms with van der Waals surface area (Å²) in [5.41, 5.74) is 0. The monoisotopic (exact) mass is 232 g/mol. The molecule has 0 amide bonds. The lowest BCUT2D eigenvalue weighted by atomic mass is 10.3. The van der Waals surface area contributed by atoms with Gasteiger partial charge in [-0.05, 0) is 37.1 Å². The van der Waals surface area contributed by atoms with Crippen molar-refractivity contribution < 1.29 is 14.4 Å². The molecule has 0 aliphatic heterocycles. The molecule has 88 valence electrons. The molecule has 0 saturated heterocycles. The molecule has 1 aromatic heterocycles. The van der Waals surface area contributed by atoms with E-state index in [0.717, 1.165) is 12.8 Å². The molecule has 1 aromatic carbocycles. The van der Waals surface area contributed by atoms with Gasteiger partial charge in [-0.25, -0.2) is 0 Å². The second-order valence-corrected chi connectivity index (χ2v) is 4.11. The van der Waals surface area contributed by atoms with Crippen molar-refractivity contribution in [3.63, 3.8) is 0 Å². The maximum Gasteiger partial charge on any atom is 0.229 e. The fraction of sp³-hybridized carbons (Fsp3) is 0.333. The molecular formula is C12H12N2O3. The molecule has 1 aliphatic carbocycles. The summed E-state index contributed by atoms with van der Waals surface area (Å²) >= 11 is 0. The highest BCUT2D eigenvalue weighted by atomic mass is 16.5. The number of benzene rings is 1. The van der Waals surface area contributed by atoms with Crippen molar-refractivity contribution in [2.45, 2.75) is 25.4 Å². The highest BCUT2D eigenvalue weighted by molar-refractivity contribution is 5.30. The van der Waals surface area contributed by atoms with Crippen molar-refractivity contribution in [2.24, 2.45) is 0 Å². The molecule has 0 spiro atoms. The van der Waals surface area contributed by atoms with Gasteiger partial charge in [0.2, 0.25) is 11.7 Å². The Balaban J connectivity index is 1.60. The summed E-state index contributed by atoms with van der Waals surface area (Å²) in [7, 11) is 0. The first kappa shape index (κ1) is 10.1. The van der Waals surface area contributed by atoms with Gasteiger partial charge in [0, 0.05) is 5.92 Å². The van der Waals surface area contributed by atoms with Crippen molar-refractivity contribution in [1.82, 2.24) is 10.1 Å². The largest absolute Gasteiger partial charge is 0.508 e. The minimum atomic E-state index is 0.216. The summed E-state index contributed by atoms with van der Waals surface area (Å²) in [5.74, 6) is 2.62. The fourth-order valence-electron chi connectivity index (χ4n) is 1.51. The molecule has 5 nitrogen and oxygen atoms in total. The van der Waals surface area contributed by atoms with Gasteiger partial charge in [-0.1, -0.05) is 5.16 Å². The van der Waals surface area contributed by atoms with E-state index in [1.807, 2.05) is 0 Å². The van der Waals surface area contributed by atoms with Crippen molar-refractivity contribution in [3.05, 3.63) is 36.0 Å². The van der Waals surface area contributed by atoms with Crippen LogP contribution in [0, 0.1) is 0 Å². The second-order valence-electron chi connectivity index (χ2n) is 4.11. The highest BCUT2D eigenvalue weighted by Crippen LogP contribution is 2.38. The highest BCUT2D eigenvalue weighted by Gasteiger charge is 2.29. The van der Waals surface area contributed by atoms with Gasteiger partial charge >= 0.3 is 0 Å². The average Bonchev–Trinajstić information content (AvgIpc) is 3.09. The van der Waals surface area contributed by atoms with Gasteiger partial charge in [0.1, 0.15) is 11.5 Å². The van der Waals surface area contributed by atoms with E-state index in [0.29, 0.717) is 23.4 Å². The number of rotatable bonds is 4. The Hall–Kier alpha value is -2.04. The SMILES string of the molecule is Oc1ccc(OCc2noc(C3CC3)n2)cc1. The van der Waals surface area contributed by atoms with E-state index >= 15 is 0 Å². The van der Waals surface area contributed by atoms with Crippen LogP contribution in [-0.4, -0.2) is 15.2 Å². The van der Waals surface area contributed by atoms with E-state index in [1.165, 1.54) is 0 Å². The van der Waals surface area contributed by atoms with Crippen LogP contribution >= 0.6 is 0 Å². The Morgan fingerprint density at radius 1 is 1.29 bits per heavy atom. The molecule has 3 rings (SSSR count). The standard InChI is InChI=1S/C12H12N2O3/c15-9-3-5-10(6-4-9)16-7-11-13-12(17-14-11)8-1-2-8/h3-6,8,15H,1-2,7H2. The molecule has 1 N–H and O–H groups in total. The predicted molar refractivity (Wildman–Crippen MR) is 58.7 cm³/mol. The van der Waals surface area contributed by atoms with Crippen LogP contribution in [0.2, 0.25) is 0 Å². The zero-order valence-electron chi connectivity index (χ0n) is 9.17. The van der Waals surface area contributed by atoms with Crippen LogP contribution < -0.4 is 4.74 Å². The summed E-state index contributed by atoms with van der Waals surface area (Å²) < 4.78 is 10.6. The molecule has 5 heteroatoms. The Morgan fingerprint density at radius 2 is 2.06 bits per heavy atom. The van der Waals surface area contributed by atoms with Gasteiger partial charge in [-0.15, -0.1) is 0 Å². The average molecular weight is 232 g/mol. The molecule has 2 aromatic rings. The molecule has 1 fully saturated rings. The Labute approximate surface area is 98.0 Å². The summed E-state index contributed by atoms with van der Waals surface area (Å²) in [6, 6.07) is 6.52. The fourth-order valence-corrected chi connectivity index (χ4v) is 1.51. The quantitative estimate of drug-likeness (QED) is 0.875. The second kappa shape index (κ2) is 4.08. The maximum absolute atomic E-state index is 9.12. The molecule has 17 heavy (non-hydrogen) atoms. The van der Waals surface area contributed by atoms with Crippen molar-refractivity contribution in [3.8, 4) is 11.5 Å². The minimum Gasteiger partial charge on any atom is -0.508 e. The van der Waals surface area contributed by atoms with Crippen molar-refractivity contribution in [2.75, 3.05) is 0 Å². The van der Waals surface area contributed by atoms with E-state index in [-0.39, 0.29) is 12.4 Å². The Kier molecular flexibility index (Phi) is 2.44. The molecule has 0 radical (unpaired) electrons. The van der Waals surface area contributed by atoms with Gasteiger partial charge in [0.05, 0.1) is 0 Å². The number of aromatic nitrogens is 2. The number of aromatic hydroxyl groups is 1. The number of hydrogen-bond donors (Lipinski definition) is 1. The third-order valence-corrected chi connectivity index (χ3v) is 2.62. The van der Waals surface area contributed by atoms with Gasteiger partial charge in [-0.2, -0.15) is 4.98 Å². The van der Waals surface area contributed by atoms with Gasteiger partial charge in [0.25, 0.3) is 0 Å². The molecule has 0 atom stereocenters. The zero-order valence-corrected chi connectivity index (χ0v) is 9.17. The predicted octanol–water partition coefficient (Wildman–Crippen LogP) is 2.23. The van der Waals surface area contributed by atoms with Crippen molar-refractivity contribution >= 4 is 0 Å². The summed E-state index contributed by atoms with van der Waals surface area (Å²) in [5, 5.41) is 13.0. The Morgan fingerprint density at radius 3 is 2.76 bits per heavy atom. The lowest BCUT2D eigenvalue weighted by Crippen LogP contribution is -1.97. The van der Waals surface area contributed by atoms with E-state index in [9.17, 15) is 0 Å². The molecule has 0 unspecified atom stereocenters. The number of phenols is 1. The summed E-state index contributed by atoms with van der Waals surface area (Å²) in [4.78, 5) is 4.25. The van der Waals surface area contributed by atoms with E-state index in [4.69, 9.17) is 14.4 Å². The van der Waals surface area contributed by atoms with Gasteiger partial charge in [-0.3, -0.25) is 0 Å². The van der Waals surface area contributed by atoms with E-state index in [2.05, 4.69) is 10.1 Å². The maximum atomic E-state index is 9.12. The first-order valence-corrected chi connectivity index (χ1v) is 5.55. The van der Waals surface area contributed by atoms with Gasteiger partial charge < -0.3 is 14.4 Å². The smallest absolute Gasteiger partial charge is 0.229 e. The summed E-state index contributed by atoms with van der Waals surface area (Å²) in [6.07, 6.45) is 2.28. The lowest BCUT2D eigenvalue weighted by Gasteiger charge is -2.02. The minimum absolute atomic E-state index is 0.216. The summed E-state index contributed by atoms with van der Waals surface area (Å²) in [6.45, 7) is 0.279. The number of nitrogens with zero attached hydrogens (tertiary/aromatic N) is 2. The van der Waals surface area contributed by atoms with Crippen LogP contribution in [-0.2, 0) is 6.61 Å². The van der Waals surface area contributed by atoms with Crippen LogP contribution in [0.25, 0.3) is 0 Å². The third kappa shape index (κ3) is 2.38. The van der Waals surface area contributed by atoms with Crippen molar-refractivity contribution in [1.29, 1.82) is 0 Å².